The number of methoxy groups -OCH3 is 1. The Hall–Kier alpha value is -2.69. The number of nitrogens with zero attached hydrogens (tertiary/aromatic N) is 2. The number of thiazole rings is 1. The van der Waals surface area contributed by atoms with Crippen molar-refractivity contribution in [3.05, 3.63) is 62.6 Å². The van der Waals surface area contributed by atoms with Crippen LogP contribution in [0.5, 0.6) is 11.5 Å². The summed E-state index contributed by atoms with van der Waals surface area (Å²) in [6.45, 7) is 0. The first-order valence-electron chi connectivity index (χ1n) is 7.42. The lowest BCUT2D eigenvalue weighted by atomic mass is 10.1. The van der Waals surface area contributed by atoms with Crippen LogP contribution in [0.2, 0.25) is 0 Å². The number of allylic oxidation sites excluding steroid dienone is 1. The number of hydrogen-bond acceptors (Lipinski definition) is 5. The molecule has 0 fully saturated rings. The van der Waals surface area contributed by atoms with Crippen molar-refractivity contribution in [1.82, 2.24) is 4.98 Å². The molecular formula is C19H12BrFN2O2S. The third kappa shape index (κ3) is 3.77. The van der Waals surface area contributed by atoms with Crippen molar-refractivity contribution in [2.75, 3.05) is 7.11 Å². The summed E-state index contributed by atoms with van der Waals surface area (Å²) in [5.74, 6) is -0.0151. The molecule has 4 nitrogen and oxygen atoms in total. The Morgan fingerprint density at radius 2 is 2.08 bits per heavy atom. The van der Waals surface area contributed by atoms with E-state index >= 15 is 0 Å². The second kappa shape index (κ2) is 7.68. The molecule has 0 atom stereocenters. The van der Waals surface area contributed by atoms with Gasteiger partial charge in [-0.3, -0.25) is 0 Å². The second-order valence-corrected chi connectivity index (χ2v) is 6.98. The molecule has 1 aromatic heterocycles. The highest BCUT2D eigenvalue weighted by Crippen LogP contribution is 2.36. The zero-order valence-electron chi connectivity index (χ0n) is 13.5. The van der Waals surface area contributed by atoms with E-state index in [-0.39, 0.29) is 11.6 Å². The zero-order chi connectivity index (χ0) is 18.7. The molecule has 0 bridgehead atoms. The minimum Gasteiger partial charge on any atom is -0.503 e. The van der Waals surface area contributed by atoms with E-state index in [0.29, 0.717) is 32.1 Å². The van der Waals surface area contributed by atoms with E-state index in [1.807, 2.05) is 5.38 Å². The summed E-state index contributed by atoms with van der Waals surface area (Å²) in [7, 11) is 1.45. The highest BCUT2D eigenvalue weighted by Gasteiger charge is 2.12. The molecule has 0 spiro atoms. The minimum absolute atomic E-state index is 0.00370. The fraction of sp³-hybridized carbons (Fsp3) is 0.0526. The summed E-state index contributed by atoms with van der Waals surface area (Å²) >= 11 is 4.59. The molecule has 0 saturated heterocycles. The Morgan fingerprint density at radius 1 is 1.35 bits per heavy atom. The van der Waals surface area contributed by atoms with Crippen LogP contribution in [0.1, 0.15) is 10.6 Å². The summed E-state index contributed by atoms with van der Waals surface area (Å²) in [6.07, 6.45) is 1.67. The fourth-order valence-corrected chi connectivity index (χ4v) is 3.55. The van der Waals surface area contributed by atoms with E-state index < -0.39 is 0 Å². The predicted molar refractivity (Wildman–Crippen MR) is 103 cm³/mol. The molecule has 1 heterocycles. The standard InChI is InChI=1S/C19H12BrFN2O2S/c1-25-17-8-11(7-15(20)18(17)24)6-13(9-22)19-23-16(10-26-19)12-2-4-14(21)5-3-12/h2-8,10,24H,1H3. The number of nitriles is 1. The van der Waals surface area contributed by atoms with Gasteiger partial charge in [-0.1, -0.05) is 0 Å². The number of rotatable bonds is 4. The molecule has 0 aliphatic rings. The first-order valence-corrected chi connectivity index (χ1v) is 9.09. The summed E-state index contributed by atoms with van der Waals surface area (Å²) < 4.78 is 18.6. The number of phenols is 1. The molecule has 0 unspecified atom stereocenters. The van der Waals surface area contributed by atoms with Crippen LogP contribution in [-0.4, -0.2) is 17.2 Å². The van der Waals surface area contributed by atoms with E-state index in [9.17, 15) is 14.8 Å². The Labute approximate surface area is 162 Å². The van der Waals surface area contributed by atoms with Gasteiger partial charge < -0.3 is 9.84 Å². The summed E-state index contributed by atoms with van der Waals surface area (Å²) in [6, 6.07) is 11.5. The van der Waals surface area contributed by atoms with E-state index in [1.165, 1.54) is 30.6 Å². The van der Waals surface area contributed by atoms with Gasteiger partial charge in [0, 0.05) is 10.9 Å². The Bertz CT molecular complexity index is 1020. The van der Waals surface area contributed by atoms with Crippen LogP contribution >= 0.6 is 27.3 Å². The zero-order valence-corrected chi connectivity index (χ0v) is 15.9. The highest BCUT2D eigenvalue weighted by atomic mass is 79.9. The molecule has 0 aliphatic heterocycles. The summed E-state index contributed by atoms with van der Waals surface area (Å²) in [5, 5.41) is 21.8. The topological polar surface area (TPSA) is 66.1 Å². The SMILES string of the molecule is COc1cc(C=C(C#N)c2nc(-c3ccc(F)cc3)cs2)cc(Br)c1O. The van der Waals surface area contributed by atoms with E-state index in [4.69, 9.17) is 4.74 Å². The smallest absolute Gasteiger partial charge is 0.172 e. The van der Waals surface area contributed by atoms with Crippen molar-refractivity contribution in [3.63, 3.8) is 0 Å². The number of aromatic hydroxyl groups is 1. The van der Waals surface area contributed by atoms with Crippen molar-refractivity contribution >= 4 is 38.9 Å². The summed E-state index contributed by atoms with van der Waals surface area (Å²) in [4.78, 5) is 4.47. The van der Waals surface area contributed by atoms with E-state index in [1.54, 1.807) is 30.3 Å². The lowest BCUT2D eigenvalue weighted by Crippen LogP contribution is -1.87. The van der Waals surface area contributed by atoms with E-state index in [2.05, 4.69) is 27.0 Å². The lowest BCUT2D eigenvalue weighted by molar-refractivity contribution is 0.372. The maximum atomic E-state index is 13.1. The Balaban J connectivity index is 1.97. The van der Waals surface area contributed by atoms with Gasteiger partial charge in [-0.15, -0.1) is 11.3 Å². The third-order valence-electron chi connectivity index (χ3n) is 3.58. The van der Waals surface area contributed by atoms with Crippen LogP contribution in [-0.2, 0) is 0 Å². The second-order valence-electron chi connectivity index (χ2n) is 5.27. The van der Waals surface area contributed by atoms with Gasteiger partial charge in [0.05, 0.1) is 22.8 Å². The quantitative estimate of drug-likeness (QED) is 0.555. The molecule has 1 N–H and O–H groups in total. The molecule has 3 aromatic rings. The normalized spacial score (nSPS) is 11.2. The van der Waals surface area contributed by atoms with Crippen molar-refractivity contribution in [2.24, 2.45) is 0 Å². The maximum absolute atomic E-state index is 13.1. The Morgan fingerprint density at radius 3 is 2.73 bits per heavy atom. The number of halogens is 2. The molecule has 2 aromatic carbocycles. The van der Waals surface area contributed by atoms with Crippen molar-refractivity contribution in [1.29, 1.82) is 5.26 Å². The number of hydrogen-bond donors (Lipinski definition) is 1. The van der Waals surface area contributed by atoms with Crippen LogP contribution in [0.25, 0.3) is 22.9 Å². The number of ether oxygens (including phenoxy) is 1. The van der Waals surface area contributed by atoms with E-state index in [0.717, 1.165) is 5.56 Å². The molecule has 0 radical (unpaired) electrons. The number of aromatic nitrogens is 1. The third-order valence-corrected chi connectivity index (χ3v) is 5.06. The van der Waals surface area contributed by atoms with Crippen molar-refractivity contribution < 1.29 is 14.2 Å². The van der Waals surface area contributed by atoms with Crippen molar-refractivity contribution in [3.8, 4) is 28.8 Å². The molecule has 0 amide bonds. The molecule has 0 saturated carbocycles. The molecule has 3 rings (SSSR count). The van der Waals surface area contributed by atoms with Crippen LogP contribution in [0.15, 0.2) is 46.3 Å². The molecule has 7 heteroatoms. The largest absolute Gasteiger partial charge is 0.503 e. The van der Waals surface area contributed by atoms with Crippen molar-refractivity contribution in [2.45, 2.75) is 0 Å². The first kappa shape index (κ1) is 18.1. The van der Waals surface area contributed by atoms with Gasteiger partial charge in [0.15, 0.2) is 11.5 Å². The molecule has 26 heavy (non-hydrogen) atoms. The number of phenolic OH excluding ortho intramolecular Hbond substituents is 1. The van der Waals surface area contributed by atoms with Crippen LogP contribution in [0.4, 0.5) is 4.39 Å². The highest BCUT2D eigenvalue weighted by molar-refractivity contribution is 9.10. The average Bonchev–Trinajstić information content (AvgIpc) is 3.13. The average molecular weight is 431 g/mol. The van der Waals surface area contributed by atoms with Gasteiger partial charge in [0.2, 0.25) is 0 Å². The molecule has 0 aliphatic carbocycles. The number of benzene rings is 2. The van der Waals surface area contributed by atoms with Gasteiger partial charge >= 0.3 is 0 Å². The minimum atomic E-state index is -0.311. The summed E-state index contributed by atoms with van der Waals surface area (Å²) in [5.41, 5.74) is 2.51. The van der Waals surface area contributed by atoms with Gasteiger partial charge in [0.1, 0.15) is 16.9 Å². The Kier molecular flexibility index (Phi) is 5.35. The maximum Gasteiger partial charge on any atom is 0.172 e. The predicted octanol–water partition coefficient (Wildman–Crippen LogP) is 5.49. The molecular weight excluding hydrogens is 419 g/mol. The van der Waals surface area contributed by atoms with Gasteiger partial charge in [-0.05, 0) is 64.0 Å². The monoisotopic (exact) mass is 430 g/mol. The van der Waals surface area contributed by atoms with Gasteiger partial charge in [-0.25, -0.2) is 9.37 Å². The van der Waals surface area contributed by atoms with Crippen LogP contribution < -0.4 is 4.74 Å². The van der Waals surface area contributed by atoms with Crippen LogP contribution in [0.3, 0.4) is 0 Å². The molecule has 130 valence electrons. The van der Waals surface area contributed by atoms with Gasteiger partial charge in [-0.2, -0.15) is 5.26 Å². The van der Waals surface area contributed by atoms with Gasteiger partial charge in [0.25, 0.3) is 0 Å². The lowest BCUT2D eigenvalue weighted by Gasteiger charge is -2.06. The first-order chi connectivity index (χ1) is 12.5. The fourth-order valence-electron chi connectivity index (χ4n) is 2.29. The van der Waals surface area contributed by atoms with Crippen LogP contribution in [0, 0.1) is 17.1 Å².